The maximum atomic E-state index is 12.6. The van der Waals surface area contributed by atoms with Crippen molar-refractivity contribution in [1.82, 2.24) is 10.6 Å². The second kappa shape index (κ2) is 14.2. The highest BCUT2D eigenvalue weighted by Crippen LogP contribution is 2.42. The van der Waals surface area contributed by atoms with Gasteiger partial charge in [-0.3, -0.25) is 9.59 Å². The molecule has 1 fully saturated rings. The van der Waals surface area contributed by atoms with E-state index in [-0.39, 0.29) is 35.8 Å². The van der Waals surface area contributed by atoms with Crippen LogP contribution in [0.15, 0.2) is 18.2 Å². The van der Waals surface area contributed by atoms with Gasteiger partial charge < -0.3 is 30.0 Å². The van der Waals surface area contributed by atoms with E-state index in [4.69, 9.17) is 14.2 Å². The topological polar surface area (TPSA) is 106 Å². The third-order valence-corrected chi connectivity index (χ3v) is 6.62. The lowest BCUT2D eigenvalue weighted by molar-refractivity contribution is -0.163. The molecular weight excluding hydrogens is 436 g/mol. The van der Waals surface area contributed by atoms with Crippen molar-refractivity contribution in [3.8, 4) is 11.5 Å². The highest BCUT2D eigenvalue weighted by molar-refractivity contribution is 5.72. The van der Waals surface area contributed by atoms with Crippen LogP contribution in [0.25, 0.3) is 0 Å². The molecule has 2 rings (SSSR count). The monoisotopic (exact) mass is 478 g/mol. The highest BCUT2D eigenvalue weighted by atomic mass is 16.6. The average Bonchev–Trinajstić information content (AvgIpc) is 2.80. The minimum atomic E-state index is -0.416. The molecule has 1 aliphatic rings. The Labute approximate surface area is 203 Å². The largest absolute Gasteiger partial charge is 0.504 e. The van der Waals surface area contributed by atoms with Gasteiger partial charge in [-0.2, -0.15) is 0 Å². The number of unbranched alkanes of at least 4 members (excludes halogenated alkanes) is 2. The molecule has 8 heteroatoms. The molecule has 0 unspecified atom stereocenters. The molecule has 1 saturated heterocycles. The summed E-state index contributed by atoms with van der Waals surface area (Å²) in [7, 11) is 3.24. The van der Waals surface area contributed by atoms with Gasteiger partial charge in [0.05, 0.1) is 13.7 Å². The minimum Gasteiger partial charge on any atom is -0.504 e. The fraction of sp³-hybridized carbons (Fsp3) is 0.692. The lowest BCUT2D eigenvalue weighted by Gasteiger charge is -2.44. The van der Waals surface area contributed by atoms with Crippen molar-refractivity contribution in [3.63, 3.8) is 0 Å². The Balaban J connectivity index is 2.37. The number of methoxy groups -OCH3 is 1. The van der Waals surface area contributed by atoms with Crippen LogP contribution in [0.2, 0.25) is 0 Å². The standard InChI is InChI=1S/C26H42N2O6/c1-5-6-7-8-21(33-19(2)29)16-24(34-25(31)18-27-3)26(11-13-28-14-12-26)17-20-9-10-22(30)23(15-20)32-4/h9-10,15,21,24,27-28,30H,5-8,11-14,16-18H2,1-4H3/t21-,24-/m1/s1. The minimum absolute atomic E-state index is 0.0912. The number of nitrogens with one attached hydrogen (secondary N) is 2. The van der Waals surface area contributed by atoms with Crippen molar-refractivity contribution in [2.75, 3.05) is 33.8 Å². The quantitative estimate of drug-likeness (QED) is 0.276. The van der Waals surface area contributed by atoms with E-state index in [1.54, 1.807) is 13.1 Å². The predicted molar refractivity (Wildman–Crippen MR) is 131 cm³/mol. The molecule has 0 saturated carbocycles. The van der Waals surface area contributed by atoms with Crippen molar-refractivity contribution < 1.29 is 28.9 Å². The molecule has 0 bridgehead atoms. The molecule has 0 spiro atoms. The van der Waals surface area contributed by atoms with Crippen LogP contribution in [-0.4, -0.2) is 63.0 Å². The third kappa shape index (κ3) is 8.47. The lowest BCUT2D eigenvalue weighted by Crippen LogP contribution is -2.49. The molecule has 0 aliphatic carbocycles. The highest BCUT2D eigenvalue weighted by Gasteiger charge is 2.43. The molecule has 1 aromatic rings. The van der Waals surface area contributed by atoms with Crippen LogP contribution in [-0.2, 0) is 25.5 Å². The van der Waals surface area contributed by atoms with Crippen LogP contribution in [0.1, 0.15) is 64.4 Å². The Morgan fingerprint density at radius 1 is 1.21 bits per heavy atom. The molecule has 1 heterocycles. The number of esters is 2. The average molecular weight is 479 g/mol. The molecule has 1 aliphatic heterocycles. The van der Waals surface area contributed by atoms with Crippen molar-refractivity contribution in [2.45, 2.75) is 77.4 Å². The number of ether oxygens (including phenoxy) is 3. The maximum Gasteiger partial charge on any atom is 0.320 e. The number of hydrogen-bond acceptors (Lipinski definition) is 8. The number of carbonyl (C=O) groups excluding carboxylic acids is 2. The first-order valence-electron chi connectivity index (χ1n) is 12.4. The summed E-state index contributed by atoms with van der Waals surface area (Å²) in [4.78, 5) is 24.5. The van der Waals surface area contributed by atoms with E-state index in [2.05, 4.69) is 17.6 Å². The van der Waals surface area contributed by atoms with E-state index in [1.807, 2.05) is 12.1 Å². The van der Waals surface area contributed by atoms with Gasteiger partial charge >= 0.3 is 11.9 Å². The van der Waals surface area contributed by atoms with Gasteiger partial charge in [0.25, 0.3) is 0 Å². The van der Waals surface area contributed by atoms with Crippen LogP contribution >= 0.6 is 0 Å². The van der Waals surface area contributed by atoms with Crippen LogP contribution in [0, 0.1) is 5.41 Å². The second-order valence-corrected chi connectivity index (χ2v) is 9.27. The number of hydrogen-bond donors (Lipinski definition) is 3. The van der Waals surface area contributed by atoms with Gasteiger partial charge in [-0.15, -0.1) is 0 Å². The molecular formula is C26H42N2O6. The summed E-state index contributed by atoms with van der Waals surface area (Å²) in [6, 6.07) is 5.37. The Morgan fingerprint density at radius 2 is 1.94 bits per heavy atom. The molecule has 2 atom stereocenters. The smallest absolute Gasteiger partial charge is 0.320 e. The summed E-state index contributed by atoms with van der Waals surface area (Å²) in [5.74, 6) is -0.121. The van der Waals surface area contributed by atoms with E-state index in [0.29, 0.717) is 18.6 Å². The first-order chi connectivity index (χ1) is 16.3. The Morgan fingerprint density at radius 3 is 2.56 bits per heavy atom. The molecule has 0 amide bonds. The van der Waals surface area contributed by atoms with E-state index in [1.165, 1.54) is 14.0 Å². The molecule has 8 nitrogen and oxygen atoms in total. The van der Waals surface area contributed by atoms with E-state index >= 15 is 0 Å². The van der Waals surface area contributed by atoms with Gasteiger partial charge in [0.2, 0.25) is 0 Å². The van der Waals surface area contributed by atoms with Gasteiger partial charge in [-0.25, -0.2) is 0 Å². The number of aromatic hydroxyl groups is 1. The number of carbonyl (C=O) groups is 2. The fourth-order valence-electron chi connectivity index (χ4n) is 4.86. The number of benzene rings is 1. The van der Waals surface area contributed by atoms with E-state index < -0.39 is 6.10 Å². The molecule has 3 N–H and O–H groups in total. The zero-order chi connectivity index (χ0) is 25.0. The summed E-state index contributed by atoms with van der Waals surface area (Å²) in [6.45, 7) is 5.30. The number of phenols is 1. The van der Waals surface area contributed by atoms with Gasteiger partial charge in [0.1, 0.15) is 12.2 Å². The van der Waals surface area contributed by atoms with Crippen molar-refractivity contribution in [1.29, 1.82) is 0 Å². The number of piperidine rings is 1. The van der Waals surface area contributed by atoms with Crippen molar-refractivity contribution in [2.24, 2.45) is 5.41 Å². The molecule has 192 valence electrons. The zero-order valence-electron chi connectivity index (χ0n) is 21.2. The predicted octanol–water partition coefficient (Wildman–Crippen LogP) is 3.35. The molecule has 0 radical (unpaired) electrons. The lowest BCUT2D eigenvalue weighted by atomic mass is 9.68. The summed E-state index contributed by atoms with van der Waals surface area (Å²) in [5.41, 5.74) is 0.668. The fourth-order valence-corrected chi connectivity index (χ4v) is 4.86. The Bertz CT molecular complexity index is 779. The summed E-state index contributed by atoms with van der Waals surface area (Å²) in [6.07, 6.45) is 5.86. The maximum absolute atomic E-state index is 12.6. The van der Waals surface area contributed by atoms with Crippen LogP contribution in [0.5, 0.6) is 11.5 Å². The van der Waals surface area contributed by atoms with Gasteiger partial charge in [0, 0.05) is 18.8 Å². The Kier molecular flexibility index (Phi) is 11.6. The summed E-state index contributed by atoms with van der Waals surface area (Å²) in [5, 5.41) is 16.3. The van der Waals surface area contributed by atoms with Gasteiger partial charge in [0.15, 0.2) is 11.5 Å². The normalized spacial score (nSPS) is 16.9. The van der Waals surface area contributed by atoms with Gasteiger partial charge in [-0.05, 0) is 69.9 Å². The molecule has 34 heavy (non-hydrogen) atoms. The van der Waals surface area contributed by atoms with Crippen LogP contribution in [0.3, 0.4) is 0 Å². The van der Waals surface area contributed by atoms with Gasteiger partial charge in [-0.1, -0.05) is 25.8 Å². The first-order valence-corrected chi connectivity index (χ1v) is 12.4. The van der Waals surface area contributed by atoms with E-state index in [9.17, 15) is 14.7 Å². The second-order valence-electron chi connectivity index (χ2n) is 9.27. The number of phenolic OH excluding ortho intramolecular Hbond substituents is 1. The Hall–Kier alpha value is -2.32. The number of rotatable bonds is 14. The summed E-state index contributed by atoms with van der Waals surface area (Å²) >= 11 is 0. The van der Waals surface area contributed by atoms with E-state index in [0.717, 1.165) is 57.2 Å². The van der Waals surface area contributed by atoms with Crippen LogP contribution in [0.4, 0.5) is 0 Å². The molecule has 1 aromatic carbocycles. The number of likely N-dealkylation sites (N-methyl/N-ethyl adjacent to an activating group) is 1. The SMILES string of the molecule is CCCCC[C@H](C[C@@H](OC(=O)CNC)C1(Cc2ccc(O)c(OC)c2)CCNCC1)OC(C)=O. The first kappa shape index (κ1) is 27.9. The molecule has 0 aromatic heterocycles. The van der Waals surface area contributed by atoms with Crippen LogP contribution < -0.4 is 15.4 Å². The third-order valence-electron chi connectivity index (χ3n) is 6.62. The summed E-state index contributed by atoms with van der Waals surface area (Å²) < 4.78 is 17.1. The van der Waals surface area contributed by atoms with Crippen molar-refractivity contribution >= 4 is 11.9 Å². The zero-order valence-corrected chi connectivity index (χ0v) is 21.2. The van der Waals surface area contributed by atoms with Crippen molar-refractivity contribution in [3.05, 3.63) is 23.8 Å².